The summed E-state index contributed by atoms with van der Waals surface area (Å²) in [4.78, 5) is 35.3. The van der Waals surface area contributed by atoms with Gasteiger partial charge in [-0.25, -0.2) is 48.7 Å². The highest BCUT2D eigenvalue weighted by Gasteiger charge is 2.21. The van der Waals surface area contributed by atoms with E-state index < -0.39 is 0 Å². The third-order valence-corrected chi connectivity index (χ3v) is 20.8. The molecular weight excluding hydrogens is 1600 g/mol. The van der Waals surface area contributed by atoms with Gasteiger partial charge in [-0.2, -0.15) is 0 Å². The summed E-state index contributed by atoms with van der Waals surface area (Å²) in [7, 11) is 0. The first-order valence-corrected chi connectivity index (χ1v) is 40.8. The van der Waals surface area contributed by atoms with E-state index in [1.807, 2.05) is 184 Å². The Morgan fingerprint density at radius 3 is 0.906 bits per heavy atom. The van der Waals surface area contributed by atoms with Crippen molar-refractivity contribution < 1.29 is 29.2 Å². The van der Waals surface area contributed by atoms with E-state index in [1.165, 1.54) is 40.5 Å². The largest absolute Gasteiger partial charge is 0.390 e. The van der Waals surface area contributed by atoms with Crippen LogP contribution in [0.4, 0.5) is 32.1 Å². The van der Waals surface area contributed by atoms with Crippen LogP contribution in [0.3, 0.4) is 0 Å². The highest BCUT2D eigenvalue weighted by molar-refractivity contribution is 5.65. The van der Waals surface area contributed by atoms with Crippen molar-refractivity contribution in [3.8, 4) is 68.3 Å². The fraction of sp³-hybridized carbons (Fsp3) is 0.258. The van der Waals surface area contributed by atoms with E-state index in [4.69, 9.17) is 0 Å². The third-order valence-electron chi connectivity index (χ3n) is 20.8. The fourth-order valence-electron chi connectivity index (χ4n) is 13.9. The number of pyridine rings is 4. The zero-order valence-corrected chi connectivity index (χ0v) is 72.2. The van der Waals surface area contributed by atoms with Gasteiger partial charge in [-0.3, -0.25) is 0 Å². The highest BCUT2D eigenvalue weighted by atomic mass is 19.1. The molecule has 0 fully saturated rings. The second kappa shape index (κ2) is 42.8. The first-order chi connectivity index (χ1) is 60.3. The van der Waals surface area contributed by atoms with Crippen LogP contribution in [0.1, 0.15) is 160 Å². The Bertz CT molecular complexity index is 6240. The van der Waals surface area contributed by atoms with E-state index in [0.717, 1.165) is 97.0 Å². The maximum Gasteiger partial charge on any atom is 0.152 e. The Hall–Kier alpha value is -14.5. The lowest BCUT2D eigenvalue weighted by Gasteiger charge is -2.17. The quantitative estimate of drug-likeness (QED) is 0.0263. The minimum Gasteiger partial charge on any atom is -0.390 e. The molecule has 16 aromatic rings. The van der Waals surface area contributed by atoms with Gasteiger partial charge in [-0.05, 0) is 244 Å². The molecule has 0 saturated heterocycles. The smallest absolute Gasteiger partial charge is 0.152 e. The second-order valence-electron chi connectivity index (χ2n) is 30.8. The summed E-state index contributed by atoms with van der Waals surface area (Å²) in [6.07, 6.45) is 15.1. The molecule has 0 unspecified atom stereocenters. The molecule has 12 heterocycles. The van der Waals surface area contributed by atoms with Crippen LogP contribution in [0.15, 0.2) is 214 Å². The van der Waals surface area contributed by atoms with E-state index >= 15 is 0 Å². The van der Waals surface area contributed by atoms with Gasteiger partial charge in [0.1, 0.15) is 34.4 Å². The Morgan fingerprint density at radius 1 is 0.323 bits per heavy atom. The number of aryl methyl sites for hydroxylation is 11. The van der Waals surface area contributed by atoms with Gasteiger partial charge >= 0.3 is 0 Å². The summed E-state index contributed by atoms with van der Waals surface area (Å²) in [5.41, 5.74) is 25.3. The number of anilines is 4. The van der Waals surface area contributed by atoms with E-state index in [2.05, 4.69) is 178 Å². The van der Waals surface area contributed by atoms with Crippen LogP contribution < -0.4 is 21.3 Å². The summed E-state index contributed by atoms with van der Waals surface area (Å²) in [5, 5.41) is 87.7. The second-order valence-corrected chi connectivity index (χ2v) is 30.8. The standard InChI is InChI=1S/C24H25FN6O.2C24H26N6O.C23H23FN6O.2CH4/c1-14-9-18(5-6-19(14)25)17(4)27-24-15(2)10-21(29-30-24)20-7-8-23(22(12-32)28-20)31-11-16(3)26-13-31;2*1-15-6-5-7-19(10-15)18(4)26-24-16(2)11-21(28-29-24)20-8-9-23(22(13-31)27-20)30-12-17(3)25-14-30;1-15-11-20(28-29-23(15)25-10-9-17-3-5-18(24)6-4-17)19-7-8-22(21(13-31)27-19)30-12-16(2)26-14-30;;/h5-11,13,17,32H,12H2,1-4H3,(H,27,30);2*5-12,14,18,31H,13H2,1-4H3,(H,26,29);3-8,11-12,14,31H,9-10,13H2,1-2H3,(H,25,29);2*1H4/t17-;2*18-;;;/m000.../s1. The lowest BCUT2D eigenvalue weighted by atomic mass is 10.1. The molecule has 16 rings (SSSR count). The lowest BCUT2D eigenvalue weighted by Crippen LogP contribution is -2.11. The van der Waals surface area contributed by atoms with Crippen LogP contribution in [0.2, 0.25) is 0 Å². The van der Waals surface area contributed by atoms with Crippen molar-refractivity contribution in [2.75, 3.05) is 27.8 Å². The SMILES string of the molecule is C.C.Cc1cccc([C@H](C)Nc2nnc(-c3ccc(-n4cnc(C)c4)c(CO)n3)cc2C)c1.Cc1cccc([C@H](C)Nc2nnc(-c3ccc(-n4cnc(C)c4)c(CO)n3)cc2C)c1.Cc1cn(-c2ccc(-c3cc(C)c(NCCc4ccc(F)cc4)nn3)nc2CO)cn1.Cc1cn(-c2ccc(-c3cc(C)c(N[C@@H](C)c4ccc(F)c(C)c4)nn3)nc2CO)cn1. The van der Waals surface area contributed by atoms with Gasteiger partial charge in [0.25, 0.3) is 0 Å². The van der Waals surface area contributed by atoms with Gasteiger partial charge in [0, 0.05) is 31.3 Å². The van der Waals surface area contributed by atoms with Gasteiger partial charge in [0.05, 0.1) is 161 Å². The molecule has 0 bridgehead atoms. The molecular formula is C97H108F2N24O4. The first kappa shape index (κ1) is 93.2. The number of nitrogens with one attached hydrogen (secondary N) is 4. The summed E-state index contributed by atoms with van der Waals surface area (Å²) >= 11 is 0. The molecule has 4 aromatic carbocycles. The molecule has 654 valence electrons. The predicted molar refractivity (Wildman–Crippen MR) is 493 cm³/mol. The molecule has 0 spiro atoms. The fourth-order valence-corrected chi connectivity index (χ4v) is 13.9. The van der Waals surface area contributed by atoms with Crippen molar-refractivity contribution >= 4 is 23.3 Å². The molecule has 0 aliphatic rings. The number of aromatic nitrogens is 20. The van der Waals surface area contributed by atoms with Crippen molar-refractivity contribution in [1.82, 2.24) is 98.9 Å². The summed E-state index contributed by atoms with van der Waals surface area (Å²) in [5.74, 6) is 2.37. The maximum absolute atomic E-state index is 13.6. The number of hydrogen-bond donors (Lipinski definition) is 8. The number of hydrogen-bond acceptors (Lipinski definition) is 24. The van der Waals surface area contributed by atoms with Crippen LogP contribution >= 0.6 is 0 Å². The molecule has 0 saturated carbocycles. The zero-order chi connectivity index (χ0) is 88.5. The Kier molecular flexibility index (Phi) is 31.4. The number of nitrogens with zero attached hydrogens (tertiary/aromatic N) is 20. The molecule has 0 aliphatic carbocycles. The Morgan fingerprint density at radius 2 is 0.630 bits per heavy atom. The van der Waals surface area contributed by atoms with Gasteiger partial charge < -0.3 is 60.0 Å². The van der Waals surface area contributed by atoms with Crippen LogP contribution in [0.25, 0.3) is 68.3 Å². The Balaban J connectivity index is 0.000000163. The molecule has 0 amide bonds. The van der Waals surface area contributed by atoms with E-state index in [1.54, 1.807) is 50.4 Å². The van der Waals surface area contributed by atoms with Crippen molar-refractivity contribution in [3.63, 3.8) is 0 Å². The average molecular weight is 1710 g/mol. The van der Waals surface area contributed by atoms with Crippen molar-refractivity contribution in [2.24, 2.45) is 0 Å². The maximum atomic E-state index is 13.6. The van der Waals surface area contributed by atoms with Crippen LogP contribution in [0, 0.1) is 87.8 Å². The normalized spacial score (nSPS) is 11.6. The summed E-state index contributed by atoms with van der Waals surface area (Å²) in [6, 6.07) is 51.3. The third kappa shape index (κ3) is 23.5. The highest BCUT2D eigenvalue weighted by Crippen LogP contribution is 2.32. The van der Waals surface area contributed by atoms with Crippen molar-refractivity contribution in [3.05, 3.63) is 332 Å². The lowest BCUT2D eigenvalue weighted by molar-refractivity contribution is 0.276. The topological polar surface area (TPSA) is 355 Å². The van der Waals surface area contributed by atoms with E-state index in [-0.39, 0.29) is 71.0 Å². The van der Waals surface area contributed by atoms with Crippen molar-refractivity contribution in [1.29, 1.82) is 0 Å². The van der Waals surface area contributed by atoms with Crippen LogP contribution in [-0.2, 0) is 32.8 Å². The summed E-state index contributed by atoms with van der Waals surface area (Å²) in [6.45, 7) is 27.6. The van der Waals surface area contributed by atoms with Crippen molar-refractivity contribution in [2.45, 2.75) is 163 Å². The number of aliphatic hydroxyl groups excluding tert-OH is 4. The van der Waals surface area contributed by atoms with Crippen LogP contribution in [-0.4, -0.2) is 126 Å². The minimum absolute atomic E-state index is 0. The molecule has 127 heavy (non-hydrogen) atoms. The monoisotopic (exact) mass is 1710 g/mol. The number of rotatable bonds is 25. The number of benzene rings is 4. The number of aliphatic hydroxyl groups is 4. The van der Waals surface area contributed by atoms with Crippen LogP contribution in [0.5, 0.6) is 0 Å². The van der Waals surface area contributed by atoms with Gasteiger partial charge in [-0.15, -0.1) is 40.8 Å². The predicted octanol–water partition coefficient (Wildman–Crippen LogP) is 18.0. The molecule has 3 atom stereocenters. The molecule has 12 aromatic heterocycles. The minimum atomic E-state index is -0.236. The van der Waals surface area contributed by atoms with Gasteiger partial charge in [0.15, 0.2) is 23.3 Å². The van der Waals surface area contributed by atoms with Gasteiger partial charge in [0.2, 0.25) is 0 Å². The summed E-state index contributed by atoms with van der Waals surface area (Å²) < 4.78 is 34.0. The van der Waals surface area contributed by atoms with E-state index in [0.29, 0.717) is 92.1 Å². The molecule has 0 aliphatic heterocycles. The zero-order valence-electron chi connectivity index (χ0n) is 72.2. The van der Waals surface area contributed by atoms with E-state index in [9.17, 15) is 29.2 Å². The molecule has 28 nitrogen and oxygen atoms in total. The number of halogens is 2. The first-order valence-electron chi connectivity index (χ1n) is 40.8. The average Bonchev–Trinajstić information content (AvgIpc) is 1.79. The molecule has 0 radical (unpaired) electrons. The molecule has 8 N–H and O–H groups in total. The van der Waals surface area contributed by atoms with Gasteiger partial charge in [-0.1, -0.05) is 98.8 Å². The number of imidazole rings is 4. The molecule has 30 heteroatoms. The Labute approximate surface area is 738 Å².